The lowest BCUT2D eigenvalue weighted by atomic mass is 10.1. The molecule has 7 heteroatoms. The second-order valence-electron chi connectivity index (χ2n) is 5.80. The third-order valence-electron chi connectivity index (χ3n) is 3.77. The summed E-state index contributed by atoms with van der Waals surface area (Å²) in [5.41, 5.74) is 1.87. The molecule has 0 aliphatic carbocycles. The van der Waals surface area contributed by atoms with E-state index in [0.29, 0.717) is 23.1 Å². The van der Waals surface area contributed by atoms with E-state index in [0.717, 1.165) is 17.1 Å². The predicted octanol–water partition coefficient (Wildman–Crippen LogP) is 4.44. The van der Waals surface area contributed by atoms with Crippen LogP contribution in [-0.2, 0) is 17.8 Å². The summed E-state index contributed by atoms with van der Waals surface area (Å²) in [4.78, 5) is 12.2. The van der Waals surface area contributed by atoms with Gasteiger partial charge >= 0.3 is 0 Å². The van der Waals surface area contributed by atoms with Crippen LogP contribution < -0.4 is 5.32 Å². The molecule has 0 radical (unpaired) electrons. The van der Waals surface area contributed by atoms with E-state index >= 15 is 0 Å². The number of thioether (sulfide) groups is 1. The molecule has 0 fully saturated rings. The van der Waals surface area contributed by atoms with Gasteiger partial charge in [-0.05, 0) is 29.8 Å². The Kier molecular flexibility index (Phi) is 6.68. The van der Waals surface area contributed by atoms with E-state index in [1.54, 1.807) is 6.08 Å². The maximum atomic E-state index is 12.2. The Morgan fingerprint density at radius 2 is 1.89 bits per heavy atom. The van der Waals surface area contributed by atoms with Gasteiger partial charge in [0.1, 0.15) is 5.82 Å². The molecule has 1 heterocycles. The number of benzene rings is 2. The minimum absolute atomic E-state index is 0.0846. The third-order valence-corrected chi connectivity index (χ3v) is 4.99. The Morgan fingerprint density at radius 3 is 2.59 bits per heavy atom. The van der Waals surface area contributed by atoms with Crippen LogP contribution in [0.4, 0.5) is 5.69 Å². The van der Waals surface area contributed by atoms with Crippen LogP contribution in [0.25, 0.3) is 0 Å². The van der Waals surface area contributed by atoms with E-state index in [-0.39, 0.29) is 11.7 Å². The number of hydrogen-bond acceptors (Lipinski definition) is 4. The van der Waals surface area contributed by atoms with Crippen LogP contribution in [0.2, 0.25) is 5.02 Å². The van der Waals surface area contributed by atoms with Gasteiger partial charge in [-0.25, -0.2) is 0 Å². The fourth-order valence-corrected chi connectivity index (χ4v) is 3.40. The summed E-state index contributed by atoms with van der Waals surface area (Å²) in [6.07, 6.45) is 2.43. The molecule has 27 heavy (non-hydrogen) atoms. The van der Waals surface area contributed by atoms with Crippen molar-refractivity contribution in [2.24, 2.45) is 0 Å². The van der Waals surface area contributed by atoms with E-state index < -0.39 is 0 Å². The summed E-state index contributed by atoms with van der Waals surface area (Å²) >= 11 is 7.30. The molecular formula is C20H19ClN4OS. The monoisotopic (exact) mass is 398 g/mol. The highest BCUT2D eigenvalue weighted by molar-refractivity contribution is 7.99. The quantitative estimate of drug-likeness (QED) is 0.450. The maximum absolute atomic E-state index is 12.2. The van der Waals surface area contributed by atoms with Crippen LogP contribution in [0.5, 0.6) is 0 Å². The average molecular weight is 399 g/mol. The number of nitrogens with zero attached hydrogens (tertiary/aromatic N) is 3. The van der Waals surface area contributed by atoms with Crippen LogP contribution in [0.15, 0.2) is 72.4 Å². The largest absolute Gasteiger partial charge is 0.325 e. The first-order valence-corrected chi connectivity index (χ1v) is 9.77. The summed E-state index contributed by atoms with van der Waals surface area (Å²) in [6.45, 7) is 4.39. The molecule has 0 aliphatic rings. The molecule has 138 valence electrons. The Morgan fingerprint density at radius 1 is 1.15 bits per heavy atom. The Bertz CT molecular complexity index is 909. The number of hydrogen-bond donors (Lipinski definition) is 1. The molecule has 2 aromatic carbocycles. The first-order chi connectivity index (χ1) is 13.2. The van der Waals surface area contributed by atoms with Gasteiger partial charge in [0.2, 0.25) is 5.91 Å². The van der Waals surface area contributed by atoms with Gasteiger partial charge in [-0.3, -0.25) is 4.79 Å². The molecule has 5 nitrogen and oxygen atoms in total. The summed E-state index contributed by atoms with van der Waals surface area (Å²) in [5, 5.41) is 12.8. The fraction of sp³-hybridized carbons (Fsp3) is 0.150. The van der Waals surface area contributed by atoms with Gasteiger partial charge in [0.25, 0.3) is 0 Å². The highest BCUT2D eigenvalue weighted by Crippen LogP contribution is 2.20. The van der Waals surface area contributed by atoms with Crippen LogP contribution >= 0.6 is 23.4 Å². The summed E-state index contributed by atoms with van der Waals surface area (Å²) in [6, 6.07) is 17.0. The van der Waals surface area contributed by atoms with Crippen molar-refractivity contribution < 1.29 is 4.79 Å². The van der Waals surface area contributed by atoms with Crippen molar-refractivity contribution in [3.63, 3.8) is 0 Å². The number of anilines is 1. The normalized spacial score (nSPS) is 10.6. The maximum Gasteiger partial charge on any atom is 0.234 e. The number of halogens is 1. The molecule has 1 N–H and O–H groups in total. The van der Waals surface area contributed by atoms with Crippen molar-refractivity contribution >= 4 is 35.0 Å². The van der Waals surface area contributed by atoms with Gasteiger partial charge in [-0.2, -0.15) is 0 Å². The van der Waals surface area contributed by atoms with Crippen molar-refractivity contribution in [1.82, 2.24) is 14.8 Å². The zero-order chi connectivity index (χ0) is 19.1. The van der Waals surface area contributed by atoms with Crippen molar-refractivity contribution in [3.05, 3.63) is 83.7 Å². The lowest BCUT2D eigenvalue weighted by Gasteiger charge is -2.08. The summed E-state index contributed by atoms with van der Waals surface area (Å²) in [5.74, 6) is 0.993. The molecule has 0 unspecified atom stereocenters. The fourth-order valence-electron chi connectivity index (χ4n) is 2.50. The number of rotatable bonds is 8. The molecule has 0 spiro atoms. The second-order valence-corrected chi connectivity index (χ2v) is 7.18. The summed E-state index contributed by atoms with van der Waals surface area (Å²) < 4.78 is 1.97. The first kappa shape index (κ1) is 19.2. The number of allylic oxidation sites excluding steroid dienone is 1. The SMILES string of the molecule is C=CCn1c(Cc2ccc(Cl)cc2)nnc1SCC(=O)Nc1ccccc1. The van der Waals surface area contributed by atoms with E-state index in [9.17, 15) is 4.79 Å². The van der Waals surface area contributed by atoms with Gasteiger partial charge < -0.3 is 9.88 Å². The highest BCUT2D eigenvalue weighted by Gasteiger charge is 2.14. The lowest BCUT2D eigenvalue weighted by Crippen LogP contribution is -2.14. The second kappa shape index (κ2) is 9.39. The summed E-state index contributed by atoms with van der Waals surface area (Å²) in [7, 11) is 0. The van der Waals surface area contributed by atoms with Crippen molar-refractivity contribution in [1.29, 1.82) is 0 Å². The van der Waals surface area contributed by atoms with Crippen LogP contribution in [0.3, 0.4) is 0 Å². The van der Waals surface area contributed by atoms with Crippen LogP contribution in [-0.4, -0.2) is 26.4 Å². The molecule has 0 aliphatic heterocycles. The number of amides is 1. The molecule has 3 aromatic rings. The number of aromatic nitrogens is 3. The van der Waals surface area contributed by atoms with E-state index in [1.807, 2.05) is 59.2 Å². The third kappa shape index (κ3) is 5.45. The van der Waals surface area contributed by atoms with Gasteiger partial charge in [0.15, 0.2) is 5.16 Å². The van der Waals surface area contributed by atoms with E-state index in [1.165, 1.54) is 11.8 Å². The standard InChI is InChI=1S/C20H19ClN4OS/c1-2-12-25-18(13-15-8-10-16(21)11-9-15)23-24-20(25)27-14-19(26)22-17-6-4-3-5-7-17/h2-11H,1,12-14H2,(H,22,26). The van der Waals surface area contributed by atoms with Crippen molar-refractivity contribution in [2.45, 2.75) is 18.1 Å². The van der Waals surface area contributed by atoms with Gasteiger partial charge in [-0.15, -0.1) is 16.8 Å². The molecule has 1 amide bonds. The smallest absolute Gasteiger partial charge is 0.234 e. The molecular weight excluding hydrogens is 380 g/mol. The van der Waals surface area contributed by atoms with Gasteiger partial charge in [0.05, 0.1) is 5.75 Å². The van der Waals surface area contributed by atoms with E-state index in [4.69, 9.17) is 11.6 Å². The van der Waals surface area contributed by atoms with Crippen LogP contribution in [0, 0.1) is 0 Å². The molecule has 1 aromatic heterocycles. The minimum atomic E-state index is -0.0846. The van der Waals surface area contributed by atoms with Gasteiger partial charge in [-0.1, -0.05) is 59.8 Å². The van der Waals surface area contributed by atoms with Crippen molar-refractivity contribution in [2.75, 3.05) is 11.1 Å². The molecule has 0 atom stereocenters. The molecule has 0 saturated carbocycles. The first-order valence-electron chi connectivity index (χ1n) is 8.41. The minimum Gasteiger partial charge on any atom is -0.325 e. The Hall–Kier alpha value is -2.57. The number of para-hydroxylation sites is 1. The zero-order valence-corrected chi connectivity index (χ0v) is 16.2. The molecule has 3 rings (SSSR count). The lowest BCUT2D eigenvalue weighted by molar-refractivity contribution is -0.113. The number of nitrogens with one attached hydrogen (secondary N) is 1. The van der Waals surface area contributed by atoms with E-state index in [2.05, 4.69) is 22.1 Å². The number of carbonyl (C=O) groups is 1. The number of carbonyl (C=O) groups excluding carboxylic acids is 1. The average Bonchev–Trinajstić information content (AvgIpc) is 3.05. The highest BCUT2D eigenvalue weighted by atomic mass is 35.5. The zero-order valence-electron chi connectivity index (χ0n) is 14.6. The Balaban J connectivity index is 1.66. The van der Waals surface area contributed by atoms with Gasteiger partial charge in [0, 0.05) is 23.7 Å². The van der Waals surface area contributed by atoms with Crippen molar-refractivity contribution in [3.8, 4) is 0 Å². The molecule has 0 bridgehead atoms. The predicted molar refractivity (Wildman–Crippen MR) is 110 cm³/mol. The van der Waals surface area contributed by atoms with Crippen LogP contribution in [0.1, 0.15) is 11.4 Å². The topological polar surface area (TPSA) is 59.8 Å². The Labute approximate surface area is 167 Å². The molecule has 0 saturated heterocycles.